The zero-order chi connectivity index (χ0) is 18.9. The van der Waals surface area contributed by atoms with E-state index in [9.17, 15) is 18.0 Å². The molecule has 0 saturated carbocycles. The molecular weight excluding hydrogens is 351 g/mol. The molecule has 0 amide bonds. The molecule has 0 radical (unpaired) electrons. The molecule has 3 rings (SSSR count). The monoisotopic (exact) mass is 369 g/mol. The van der Waals surface area contributed by atoms with E-state index in [1.54, 1.807) is 31.2 Å². The number of hydrogen-bond acceptors (Lipinski definition) is 5. The second-order valence-electron chi connectivity index (χ2n) is 5.84. The Morgan fingerprint density at radius 3 is 2.85 bits per heavy atom. The van der Waals surface area contributed by atoms with Crippen LogP contribution >= 0.6 is 0 Å². The third-order valence-electron chi connectivity index (χ3n) is 4.23. The highest BCUT2D eigenvalue weighted by Crippen LogP contribution is 2.44. The maximum atomic E-state index is 13.6. The fourth-order valence-electron chi connectivity index (χ4n) is 3.00. The van der Waals surface area contributed by atoms with Gasteiger partial charge in [0.25, 0.3) is 0 Å². The molecule has 2 heterocycles. The Morgan fingerprint density at radius 2 is 2.19 bits per heavy atom. The average molecular weight is 369 g/mol. The maximum absolute atomic E-state index is 13.6. The fourth-order valence-corrected chi connectivity index (χ4v) is 3.00. The van der Waals surface area contributed by atoms with Crippen molar-refractivity contribution in [2.75, 3.05) is 19.0 Å². The molecule has 1 aliphatic heterocycles. The summed E-state index contributed by atoms with van der Waals surface area (Å²) in [5.41, 5.74) is 0.606. The summed E-state index contributed by atoms with van der Waals surface area (Å²) in [6.07, 6.45) is -3.66. The van der Waals surface area contributed by atoms with E-state index in [1.807, 2.05) is 0 Å². The van der Waals surface area contributed by atoms with E-state index in [2.05, 4.69) is 10.4 Å². The maximum Gasteiger partial charge on any atom is 0.410 e. The number of hydrogen-bond donors (Lipinski definition) is 1. The summed E-state index contributed by atoms with van der Waals surface area (Å²) in [5, 5.41) is 6.78. The number of carbonyl (C=O) groups is 1. The van der Waals surface area contributed by atoms with Crippen LogP contribution in [0, 0.1) is 0 Å². The lowest BCUT2D eigenvalue weighted by atomic mass is 9.96. The molecule has 140 valence electrons. The molecule has 2 atom stereocenters. The number of nitrogens with zero attached hydrogens (tertiary/aromatic N) is 2. The van der Waals surface area contributed by atoms with E-state index in [-0.39, 0.29) is 24.4 Å². The molecular formula is C17H18F3N3O3. The highest BCUT2D eigenvalue weighted by molar-refractivity contribution is 5.94. The molecule has 1 aliphatic rings. The lowest BCUT2D eigenvalue weighted by Gasteiger charge is -2.34. The number of rotatable bonds is 4. The zero-order valence-electron chi connectivity index (χ0n) is 14.2. The standard InChI is InChI=1S/C17H18F3N3O3/c1-3-26-16(24)12-9-21-23-14(17(18,19)20)8-13(22-15(12)23)10-5-4-6-11(7-10)25-2/h4-7,9,13-14,22H,3,8H2,1-2H3/t13-,14-/m0/s1. The Hall–Kier alpha value is -2.71. The lowest BCUT2D eigenvalue weighted by molar-refractivity contribution is -0.173. The fraction of sp³-hybridized carbons (Fsp3) is 0.412. The number of aromatic nitrogens is 2. The molecule has 6 nitrogen and oxygen atoms in total. The molecule has 0 unspecified atom stereocenters. The van der Waals surface area contributed by atoms with Gasteiger partial charge in [-0.15, -0.1) is 0 Å². The van der Waals surface area contributed by atoms with Gasteiger partial charge in [0.1, 0.15) is 17.1 Å². The van der Waals surface area contributed by atoms with Crippen LogP contribution in [0.2, 0.25) is 0 Å². The van der Waals surface area contributed by atoms with Crippen LogP contribution in [0.1, 0.15) is 41.3 Å². The summed E-state index contributed by atoms with van der Waals surface area (Å²) in [6.45, 7) is 1.74. The van der Waals surface area contributed by atoms with Crippen molar-refractivity contribution in [2.24, 2.45) is 0 Å². The third-order valence-corrected chi connectivity index (χ3v) is 4.23. The molecule has 0 spiro atoms. The summed E-state index contributed by atoms with van der Waals surface area (Å²) in [6, 6.07) is 4.29. The van der Waals surface area contributed by atoms with Crippen LogP contribution in [-0.2, 0) is 4.74 Å². The van der Waals surface area contributed by atoms with Gasteiger partial charge in [-0.3, -0.25) is 0 Å². The number of halogens is 3. The number of anilines is 1. The van der Waals surface area contributed by atoms with Crippen LogP contribution in [-0.4, -0.2) is 35.6 Å². The Bertz CT molecular complexity index is 804. The van der Waals surface area contributed by atoms with E-state index in [4.69, 9.17) is 9.47 Å². The number of nitrogens with one attached hydrogen (secondary N) is 1. The van der Waals surface area contributed by atoms with Gasteiger partial charge >= 0.3 is 12.1 Å². The van der Waals surface area contributed by atoms with Crippen LogP contribution in [0.5, 0.6) is 5.75 Å². The topological polar surface area (TPSA) is 65.4 Å². The van der Waals surface area contributed by atoms with Gasteiger partial charge < -0.3 is 14.8 Å². The molecule has 26 heavy (non-hydrogen) atoms. The number of ether oxygens (including phenoxy) is 2. The number of methoxy groups -OCH3 is 1. The van der Waals surface area contributed by atoms with E-state index < -0.39 is 24.2 Å². The molecule has 9 heteroatoms. The molecule has 2 aromatic rings. The molecule has 0 fully saturated rings. The summed E-state index contributed by atoms with van der Waals surface area (Å²) in [5.74, 6) is -0.170. The van der Waals surface area contributed by atoms with Crippen LogP contribution in [0.25, 0.3) is 0 Å². The first-order valence-electron chi connectivity index (χ1n) is 8.07. The number of alkyl halides is 3. The number of fused-ring (bicyclic) bond motifs is 1. The van der Waals surface area contributed by atoms with Crippen LogP contribution in [0.3, 0.4) is 0 Å². The van der Waals surface area contributed by atoms with Gasteiger partial charge in [0.2, 0.25) is 0 Å². The Balaban J connectivity index is 2.03. The second-order valence-corrected chi connectivity index (χ2v) is 5.84. The minimum absolute atomic E-state index is 0.00449. The predicted octanol–water partition coefficient (Wildman–Crippen LogP) is 3.73. The summed E-state index contributed by atoms with van der Waals surface area (Å²) >= 11 is 0. The van der Waals surface area contributed by atoms with Crippen LogP contribution in [0.4, 0.5) is 19.0 Å². The first-order chi connectivity index (χ1) is 12.3. The second kappa shape index (κ2) is 6.89. The van der Waals surface area contributed by atoms with E-state index in [0.717, 1.165) is 10.9 Å². The van der Waals surface area contributed by atoms with Crippen molar-refractivity contribution in [1.29, 1.82) is 0 Å². The van der Waals surface area contributed by atoms with E-state index in [0.29, 0.717) is 11.3 Å². The molecule has 0 bridgehead atoms. The van der Waals surface area contributed by atoms with Gasteiger partial charge in [-0.1, -0.05) is 12.1 Å². The SMILES string of the molecule is CCOC(=O)c1cnn2c1N[C@H](c1cccc(OC)c1)C[C@H]2C(F)(F)F. The summed E-state index contributed by atoms with van der Waals surface area (Å²) in [4.78, 5) is 12.1. The minimum atomic E-state index is -4.51. The van der Waals surface area contributed by atoms with Crippen molar-refractivity contribution < 1.29 is 27.4 Å². The number of benzene rings is 1. The largest absolute Gasteiger partial charge is 0.497 e. The van der Waals surface area contributed by atoms with Gasteiger partial charge in [0.05, 0.1) is 26.0 Å². The van der Waals surface area contributed by atoms with Gasteiger partial charge in [-0.2, -0.15) is 18.3 Å². The average Bonchev–Trinajstić information content (AvgIpc) is 3.04. The predicted molar refractivity (Wildman–Crippen MR) is 87.3 cm³/mol. The van der Waals surface area contributed by atoms with Gasteiger partial charge in [-0.05, 0) is 24.6 Å². The first kappa shape index (κ1) is 18.1. The normalized spacial score (nSPS) is 19.4. The molecule has 0 aliphatic carbocycles. The highest BCUT2D eigenvalue weighted by Gasteiger charge is 2.47. The minimum Gasteiger partial charge on any atom is -0.497 e. The first-order valence-corrected chi connectivity index (χ1v) is 8.07. The van der Waals surface area contributed by atoms with E-state index in [1.165, 1.54) is 7.11 Å². The number of carbonyl (C=O) groups excluding carboxylic acids is 1. The quantitative estimate of drug-likeness (QED) is 0.832. The summed E-state index contributed by atoms with van der Waals surface area (Å²) < 4.78 is 51.6. The van der Waals surface area contributed by atoms with Crippen molar-refractivity contribution in [1.82, 2.24) is 9.78 Å². The third kappa shape index (κ3) is 3.33. The molecule has 1 aromatic carbocycles. The van der Waals surface area contributed by atoms with Crippen molar-refractivity contribution >= 4 is 11.8 Å². The Labute approximate surface area is 147 Å². The smallest absolute Gasteiger partial charge is 0.410 e. The van der Waals surface area contributed by atoms with E-state index >= 15 is 0 Å². The van der Waals surface area contributed by atoms with Crippen molar-refractivity contribution in [3.63, 3.8) is 0 Å². The Morgan fingerprint density at radius 1 is 1.42 bits per heavy atom. The molecule has 0 saturated heterocycles. The number of esters is 1. The van der Waals surface area contributed by atoms with Crippen molar-refractivity contribution in [2.45, 2.75) is 31.6 Å². The van der Waals surface area contributed by atoms with Crippen molar-refractivity contribution in [3.05, 3.63) is 41.6 Å². The van der Waals surface area contributed by atoms with Crippen LogP contribution in [0.15, 0.2) is 30.5 Å². The Kier molecular flexibility index (Phi) is 4.80. The van der Waals surface area contributed by atoms with Gasteiger partial charge in [-0.25, -0.2) is 9.48 Å². The zero-order valence-corrected chi connectivity index (χ0v) is 14.2. The van der Waals surface area contributed by atoms with Gasteiger partial charge in [0.15, 0.2) is 6.04 Å². The summed E-state index contributed by atoms with van der Waals surface area (Å²) in [7, 11) is 1.49. The van der Waals surface area contributed by atoms with Crippen LogP contribution < -0.4 is 10.1 Å². The highest BCUT2D eigenvalue weighted by atomic mass is 19.4. The van der Waals surface area contributed by atoms with Gasteiger partial charge in [0, 0.05) is 6.42 Å². The lowest BCUT2D eigenvalue weighted by Crippen LogP contribution is -2.36. The molecule has 1 N–H and O–H groups in total. The molecule has 1 aromatic heterocycles. The van der Waals surface area contributed by atoms with Crippen molar-refractivity contribution in [3.8, 4) is 5.75 Å².